The van der Waals surface area contributed by atoms with Crippen molar-refractivity contribution in [2.75, 3.05) is 0 Å². The Morgan fingerprint density at radius 3 is 2.47 bits per heavy atom. The van der Waals surface area contributed by atoms with Gasteiger partial charge in [-0.2, -0.15) is 5.10 Å². The Kier molecular flexibility index (Phi) is 3.68. The van der Waals surface area contributed by atoms with Crippen LogP contribution in [0.25, 0.3) is 0 Å². The summed E-state index contributed by atoms with van der Waals surface area (Å²) in [4.78, 5) is 0. The van der Waals surface area contributed by atoms with Crippen LogP contribution >= 0.6 is 22.3 Å². The molecule has 0 saturated carbocycles. The van der Waals surface area contributed by atoms with Gasteiger partial charge in [0.2, 0.25) is 0 Å². The molecular weight excluding hydrogens is 259 g/mol. The standard InChI is InChI=1S/C8H12Cl2N2O2S/c1-4-5(2)12-8(15(10,13)14)7(9)6(3)11-12/h5H,4H2,1-3H3. The highest BCUT2D eigenvalue weighted by molar-refractivity contribution is 8.13. The number of rotatable bonds is 3. The van der Waals surface area contributed by atoms with E-state index in [-0.39, 0.29) is 16.1 Å². The number of hydrogen-bond acceptors (Lipinski definition) is 3. The quantitative estimate of drug-likeness (QED) is 0.794. The summed E-state index contributed by atoms with van der Waals surface area (Å²) >= 11 is 5.85. The molecule has 1 heterocycles. The zero-order valence-corrected chi connectivity index (χ0v) is 11.0. The molecule has 7 heteroatoms. The molecule has 0 spiro atoms. The van der Waals surface area contributed by atoms with Crippen molar-refractivity contribution in [3.63, 3.8) is 0 Å². The maximum absolute atomic E-state index is 11.3. The molecule has 86 valence electrons. The van der Waals surface area contributed by atoms with Gasteiger partial charge >= 0.3 is 0 Å². The van der Waals surface area contributed by atoms with E-state index in [1.807, 2.05) is 13.8 Å². The van der Waals surface area contributed by atoms with Crippen molar-refractivity contribution in [2.24, 2.45) is 0 Å². The summed E-state index contributed by atoms with van der Waals surface area (Å²) in [6, 6.07) is -0.0558. The number of aryl methyl sites for hydroxylation is 1. The fourth-order valence-corrected chi connectivity index (χ4v) is 2.99. The van der Waals surface area contributed by atoms with Gasteiger partial charge in [-0.1, -0.05) is 18.5 Å². The van der Waals surface area contributed by atoms with Crippen LogP contribution in [-0.2, 0) is 9.05 Å². The normalized spacial score (nSPS) is 14.2. The molecule has 1 rings (SSSR count). The lowest BCUT2D eigenvalue weighted by Crippen LogP contribution is -2.11. The second-order valence-corrected chi connectivity index (χ2v) is 6.20. The number of aromatic nitrogens is 2. The Hall–Kier alpha value is -0.260. The summed E-state index contributed by atoms with van der Waals surface area (Å²) in [7, 11) is 1.45. The van der Waals surface area contributed by atoms with Gasteiger partial charge in [0.1, 0.15) is 5.02 Å². The zero-order chi connectivity index (χ0) is 11.8. The van der Waals surface area contributed by atoms with Crippen LogP contribution < -0.4 is 0 Å². The summed E-state index contributed by atoms with van der Waals surface area (Å²) in [6.45, 7) is 5.43. The first-order valence-electron chi connectivity index (χ1n) is 4.48. The molecule has 0 aliphatic heterocycles. The second-order valence-electron chi connectivity index (χ2n) is 3.34. The first-order valence-corrected chi connectivity index (χ1v) is 7.17. The minimum Gasteiger partial charge on any atom is -0.249 e. The molecule has 0 bridgehead atoms. The van der Waals surface area contributed by atoms with Crippen LogP contribution in [0.15, 0.2) is 5.03 Å². The average Bonchev–Trinajstić information content (AvgIpc) is 2.41. The summed E-state index contributed by atoms with van der Waals surface area (Å²) in [5, 5.41) is 4.06. The van der Waals surface area contributed by atoms with Gasteiger partial charge in [0.05, 0.1) is 11.7 Å². The molecular formula is C8H12Cl2N2O2S. The van der Waals surface area contributed by atoms with E-state index in [2.05, 4.69) is 5.10 Å². The van der Waals surface area contributed by atoms with Gasteiger partial charge in [0.15, 0.2) is 5.03 Å². The largest absolute Gasteiger partial charge is 0.279 e. The Bertz CT molecular complexity index is 467. The van der Waals surface area contributed by atoms with E-state index in [9.17, 15) is 8.42 Å². The van der Waals surface area contributed by atoms with Gasteiger partial charge in [-0.15, -0.1) is 0 Å². The third kappa shape index (κ3) is 2.46. The van der Waals surface area contributed by atoms with Crippen LogP contribution in [0.5, 0.6) is 0 Å². The van der Waals surface area contributed by atoms with E-state index in [1.165, 1.54) is 4.68 Å². The van der Waals surface area contributed by atoms with E-state index in [1.54, 1.807) is 6.92 Å². The highest BCUT2D eigenvalue weighted by atomic mass is 35.7. The molecule has 0 aromatic carbocycles. The molecule has 1 unspecified atom stereocenters. The van der Waals surface area contributed by atoms with Crippen LogP contribution in [0.1, 0.15) is 32.0 Å². The fraction of sp³-hybridized carbons (Fsp3) is 0.625. The maximum atomic E-state index is 11.3. The molecule has 15 heavy (non-hydrogen) atoms. The van der Waals surface area contributed by atoms with Crippen molar-refractivity contribution >= 4 is 31.3 Å². The summed E-state index contributed by atoms with van der Waals surface area (Å²) in [5.41, 5.74) is 0.469. The second kappa shape index (κ2) is 4.31. The highest BCUT2D eigenvalue weighted by Crippen LogP contribution is 2.30. The minimum absolute atomic E-state index is 0.0558. The van der Waals surface area contributed by atoms with Crippen LogP contribution in [0.2, 0.25) is 5.02 Å². The molecule has 0 saturated heterocycles. The SMILES string of the molecule is CCC(C)n1nc(C)c(Cl)c1S(=O)(=O)Cl. The van der Waals surface area contributed by atoms with Crippen molar-refractivity contribution < 1.29 is 8.42 Å². The average molecular weight is 271 g/mol. The summed E-state index contributed by atoms with van der Waals surface area (Å²) in [6.07, 6.45) is 0.747. The van der Waals surface area contributed by atoms with E-state index in [4.69, 9.17) is 22.3 Å². The van der Waals surface area contributed by atoms with E-state index in [0.717, 1.165) is 6.42 Å². The molecule has 1 aromatic rings. The zero-order valence-electron chi connectivity index (χ0n) is 8.66. The summed E-state index contributed by atoms with van der Waals surface area (Å²) < 4.78 is 24.0. The van der Waals surface area contributed by atoms with Gasteiger partial charge in [0.25, 0.3) is 9.05 Å². The van der Waals surface area contributed by atoms with Crippen molar-refractivity contribution in [3.8, 4) is 0 Å². The Balaban J connectivity index is 3.48. The van der Waals surface area contributed by atoms with E-state index in [0.29, 0.717) is 5.69 Å². The molecule has 1 atom stereocenters. The van der Waals surface area contributed by atoms with Crippen molar-refractivity contribution in [1.82, 2.24) is 9.78 Å². The Morgan fingerprint density at radius 1 is 1.53 bits per heavy atom. The van der Waals surface area contributed by atoms with Gasteiger partial charge in [-0.3, -0.25) is 0 Å². The highest BCUT2D eigenvalue weighted by Gasteiger charge is 2.26. The molecule has 0 aliphatic rings. The smallest absolute Gasteiger partial charge is 0.249 e. The maximum Gasteiger partial charge on any atom is 0.279 e. The van der Waals surface area contributed by atoms with E-state index < -0.39 is 9.05 Å². The minimum atomic E-state index is -3.86. The predicted molar refractivity (Wildman–Crippen MR) is 60.0 cm³/mol. The topological polar surface area (TPSA) is 52.0 Å². The molecule has 0 N–H and O–H groups in total. The molecule has 0 aliphatic carbocycles. The van der Waals surface area contributed by atoms with Gasteiger partial charge < -0.3 is 0 Å². The molecule has 0 radical (unpaired) electrons. The van der Waals surface area contributed by atoms with Crippen LogP contribution in [-0.4, -0.2) is 18.2 Å². The molecule has 0 fully saturated rings. The lowest BCUT2D eigenvalue weighted by Gasteiger charge is -2.11. The fourth-order valence-electron chi connectivity index (χ4n) is 1.20. The number of nitrogens with zero attached hydrogens (tertiary/aromatic N) is 2. The lowest BCUT2D eigenvalue weighted by molar-refractivity contribution is 0.437. The van der Waals surface area contributed by atoms with Gasteiger partial charge in [-0.05, 0) is 20.3 Å². The first kappa shape index (κ1) is 12.8. The molecule has 0 amide bonds. The van der Waals surface area contributed by atoms with Crippen LogP contribution in [0.3, 0.4) is 0 Å². The molecule has 1 aromatic heterocycles. The number of halogens is 2. The molecule has 4 nitrogen and oxygen atoms in total. The Labute approximate surface area is 98.6 Å². The summed E-state index contributed by atoms with van der Waals surface area (Å²) in [5.74, 6) is 0. The number of hydrogen-bond donors (Lipinski definition) is 0. The monoisotopic (exact) mass is 270 g/mol. The van der Waals surface area contributed by atoms with Crippen LogP contribution in [0.4, 0.5) is 0 Å². The third-order valence-corrected chi connectivity index (χ3v) is 4.07. The van der Waals surface area contributed by atoms with E-state index >= 15 is 0 Å². The van der Waals surface area contributed by atoms with Gasteiger partial charge in [0, 0.05) is 10.7 Å². The van der Waals surface area contributed by atoms with Crippen molar-refractivity contribution in [2.45, 2.75) is 38.3 Å². The first-order chi connectivity index (χ1) is 6.79. The van der Waals surface area contributed by atoms with Crippen LogP contribution in [0, 0.1) is 6.92 Å². The third-order valence-electron chi connectivity index (χ3n) is 2.21. The van der Waals surface area contributed by atoms with Gasteiger partial charge in [-0.25, -0.2) is 13.1 Å². The van der Waals surface area contributed by atoms with Crippen molar-refractivity contribution in [1.29, 1.82) is 0 Å². The van der Waals surface area contributed by atoms with Crippen molar-refractivity contribution in [3.05, 3.63) is 10.7 Å². The predicted octanol–water partition coefficient (Wildman–Crippen LogP) is 2.74. The Morgan fingerprint density at radius 2 is 2.07 bits per heavy atom. The lowest BCUT2D eigenvalue weighted by atomic mass is 10.3.